The van der Waals surface area contributed by atoms with E-state index < -0.39 is 11.5 Å². The van der Waals surface area contributed by atoms with E-state index in [9.17, 15) is 9.90 Å². The zero-order valence-electron chi connectivity index (χ0n) is 11.7. The van der Waals surface area contributed by atoms with Gasteiger partial charge in [-0.25, -0.2) is 4.79 Å². The zero-order valence-corrected chi connectivity index (χ0v) is 11.7. The number of aliphatic carboxylic acids is 1. The molecule has 0 amide bonds. The number of anilines is 1. The molecule has 0 heterocycles. The largest absolute Gasteiger partial charge is 0.495 e. The summed E-state index contributed by atoms with van der Waals surface area (Å²) in [7, 11) is 3.36. The minimum Gasteiger partial charge on any atom is -0.495 e. The number of methoxy groups -OCH3 is 1. The van der Waals surface area contributed by atoms with Crippen molar-refractivity contribution in [2.45, 2.75) is 32.7 Å². The monoisotopic (exact) mass is 251 g/mol. The second kappa shape index (κ2) is 5.29. The molecule has 4 heteroatoms. The maximum absolute atomic E-state index is 11.3. The van der Waals surface area contributed by atoms with Gasteiger partial charge in [0.1, 0.15) is 11.3 Å². The molecule has 1 rings (SSSR count). The third-order valence-corrected chi connectivity index (χ3v) is 3.37. The Balaban J connectivity index is 3.26. The Bertz CT molecular complexity index is 441. The molecule has 0 saturated carbocycles. The van der Waals surface area contributed by atoms with E-state index in [1.807, 2.05) is 18.2 Å². The molecule has 0 aliphatic carbocycles. The first kappa shape index (κ1) is 14.4. The van der Waals surface area contributed by atoms with Gasteiger partial charge in [-0.3, -0.25) is 0 Å². The fourth-order valence-electron chi connectivity index (χ4n) is 1.66. The van der Waals surface area contributed by atoms with Crippen LogP contribution >= 0.6 is 0 Å². The smallest absolute Gasteiger partial charge is 0.328 e. The van der Waals surface area contributed by atoms with Gasteiger partial charge in [0.25, 0.3) is 0 Å². The lowest BCUT2D eigenvalue weighted by Gasteiger charge is -2.34. The van der Waals surface area contributed by atoms with Crippen molar-refractivity contribution >= 4 is 11.7 Å². The highest BCUT2D eigenvalue weighted by Gasteiger charge is 2.33. The summed E-state index contributed by atoms with van der Waals surface area (Å²) in [5.74, 6) is -0.182. The van der Waals surface area contributed by atoms with Crippen molar-refractivity contribution in [2.75, 3.05) is 19.1 Å². The Morgan fingerprint density at radius 2 is 2.06 bits per heavy atom. The highest BCUT2D eigenvalue weighted by molar-refractivity contribution is 5.83. The molecule has 4 nitrogen and oxygen atoms in total. The van der Waals surface area contributed by atoms with E-state index in [1.165, 1.54) is 0 Å². The van der Waals surface area contributed by atoms with Crippen molar-refractivity contribution in [3.63, 3.8) is 0 Å². The van der Waals surface area contributed by atoms with Crippen molar-refractivity contribution in [1.82, 2.24) is 0 Å². The van der Waals surface area contributed by atoms with Gasteiger partial charge in [0, 0.05) is 7.05 Å². The summed E-state index contributed by atoms with van der Waals surface area (Å²) in [5.41, 5.74) is 0.961. The summed E-state index contributed by atoms with van der Waals surface area (Å²) in [5, 5.41) is 9.28. The van der Waals surface area contributed by atoms with Crippen LogP contribution in [0.3, 0.4) is 0 Å². The number of rotatable bonds is 5. The van der Waals surface area contributed by atoms with Gasteiger partial charge >= 0.3 is 5.97 Å². The predicted molar refractivity (Wildman–Crippen MR) is 72.5 cm³/mol. The topological polar surface area (TPSA) is 49.8 Å². The molecule has 0 radical (unpaired) electrons. The van der Waals surface area contributed by atoms with Crippen LogP contribution in [0.1, 0.15) is 26.3 Å². The first-order chi connectivity index (χ1) is 8.34. The Morgan fingerprint density at radius 1 is 1.44 bits per heavy atom. The molecule has 0 spiro atoms. The molecular weight excluding hydrogens is 230 g/mol. The summed E-state index contributed by atoms with van der Waals surface area (Å²) in [6, 6.07) is 5.84. The van der Waals surface area contributed by atoms with Crippen molar-refractivity contribution in [2.24, 2.45) is 0 Å². The molecule has 0 aliphatic rings. The third-order valence-electron chi connectivity index (χ3n) is 3.37. The molecule has 0 fully saturated rings. The van der Waals surface area contributed by atoms with Gasteiger partial charge in [-0.15, -0.1) is 0 Å². The average Bonchev–Trinajstić information content (AvgIpc) is 2.36. The number of carboxylic acids is 1. The fraction of sp³-hybridized carbons (Fsp3) is 0.500. The van der Waals surface area contributed by atoms with E-state index in [1.54, 1.807) is 32.9 Å². The molecule has 0 atom stereocenters. The maximum atomic E-state index is 11.3. The number of aryl methyl sites for hydroxylation is 1. The molecular formula is C14H21NO3. The molecule has 0 bridgehead atoms. The third kappa shape index (κ3) is 2.58. The normalized spacial score (nSPS) is 11.2. The highest BCUT2D eigenvalue weighted by atomic mass is 16.5. The zero-order chi connectivity index (χ0) is 13.9. The van der Waals surface area contributed by atoms with E-state index in [0.29, 0.717) is 5.75 Å². The van der Waals surface area contributed by atoms with Crippen LogP contribution in [0.15, 0.2) is 18.2 Å². The molecule has 1 N–H and O–H groups in total. The minimum atomic E-state index is -0.986. The predicted octanol–water partition coefficient (Wildman–Crippen LogP) is 2.56. The lowest BCUT2D eigenvalue weighted by molar-refractivity contribution is -0.142. The van der Waals surface area contributed by atoms with E-state index in [2.05, 4.69) is 6.92 Å². The van der Waals surface area contributed by atoms with Gasteiger partial charge in [-0.2, -0.15) is 0 Å². The molecule has 1 aromatic rings. The molecule has 0 aromatic heterocycles. The Labute approximate surface area is 108 Å². The maximum Gasteiger partial charge on any atom is 0.328 e. The Kier molecular flexibility index (Phi) is 4.22. The van der Waals surface area contributed by atoms with Gasteiger partial charge in [0.2, 0.25) is 0 Å². The molecule has 18 heavy (non-hydrogen) atoms. The number of carbonyl (C=O) groups is 1. The number of carboxylic acid groups (broad SMARTS) is 1. The van der Waals surface area contributed by atoms with Crippen molar-refractivity contribution in [3.05, 3.63) is 23.8 Å². The summed E-state index contributed by atoms with van der Waals surface area (Å²) < 4.78 is 5.31. The second-order valence-electron chi connectivity index (χ2n) is 4.78. The van der Waals surface area contributed by atoms with Crippen molar-refractivity contribution < 1.29 is 14.6 Å². The number of likely N-dealkylation sites (N-methyl/N-ethyl adjacent to an activating group) is 1. The number of hydrogen-bond acceptors (Lipinski definition) is 3. The number of ether oxygens (including phenoxy) is 1. The van der Waals surface area contributed by atoms with Gasteiger partial charge in [-0.1, -0.05) is 13.0 Å². The lowest BCUT2D eigenvalue weighted by atomic mass is 10.0. The van der Waals surface area contributed by atoms with Gasteiger partial charge in [0.15, 0.2) is 0 Å². The van der Waals surface area contributed by atoms with E-state index in [0.717, 1.165) is 17.7 Å². The first-order valence-corrected chi connectivity index (χ1v) is 5.98. The van der Waals surface area contributed by atoms with Crippen LogP contribution in [0.2, 0.25) is 0 Å². The molecule has 100 valence electrons. The first-order valence-electron chi connectivity index (χ1n) is 5.98. The van der Waals surface area contributed by atoms with Gasteiger partial charge in [-0.05, 0) is 38.0 Å². The minimum absolute atomic E-state index is 0.684. The SMILES string of the molecule is CCc1ccc(OC)c(N(C)C(C)(C)C(=O)O)c1. The summed E-state index contributed by atoms with van der Waals surface area (Å²) in [4.78, 5) is 13.0. The number of hydrogen-bond donors (Lipinski definition) is 1. The van der Waals surface area contributed by atoms with Crippen LogP contribution in [0.5, 0.6) is 5.75 Å². The number of nitrogens with zero attached hydrogens (tertiary/aromatic N) is 1. The molecule has 0 aliphatic heterocycles. The van der Waals surface area contributed by atoms with Crippen LogP contribution in [0.25, 0.3) is 0 Å². The molecule has 1 aromatic carbocycles. The van der Waals surface area contributed by atoms with E-state index >= 15 is 0 Å². The molecule has 0 saturated heterocycles. The highest BCUT2D eigenvalue weighted by Crippen LogP contribution is 2.33. The van der Waals surface area contributed by atoms with E-state index in [-0.39, 0.29) is 0 Å². The van der Waals surface area contributed by atoms with Crippen LogP contribution in [0, 0.1) is 0 Å². The standard InChI is InChI=1S/C14H21NO3/c1-6-10-7-8-12(18-5)11(9-10)15(4)14(2,3)13(16)17/h7-9H,6H2,1-5H3,(H,16,17). The number of benzene rings is 1. The second-order valence-corrected chi connectivity index (χ2v) is 4.78. The average molecular weight is 251 g/mol. The quantitative estimate of drug-likeness (QED) is 0.873. The lowest BCUT2D eigenvalue weighted by Crippen LogP contribution is -2.48. The summed E-state index contributed by atoms with van der Waals surface area (Å²) >= 11 is 0. The van der Waals surface area contributed by atoms with Crippen LogP contribution < -0.4 is 9.64 Å². The molecule has 0 unspecified atom stereocenters. The Morgan fingerprint density at radius 3 is 2.50 bits per heavy atom. The van der Waals surface area contributed by atoms with E-state index in [4.69, 9.17) is 4.74 Å². The van der Waals surface area contributed by atoms with Crippen LogP contribution in [0.4, 0.5) is 5.69 Å². The fourth-order valence-corrected chi connectivity index (χ4v) is 1.66. The van der Waals surface area contributed by atoms with Gasteiger partial charge < -0.3 is 14.7 Å². The van der Waals surface area contributed by atoms with Crippen LogP contribution in [-0.2, 0) is 11.2 Å². The summed E-state index contributed by atoms with van der Waals surface area (Å²) in [6.07, 6.45) is 0.901. The Hall–Kier alpha value is -1.71. The van der Waals surface area contributed by atoms with Crippen molar-refractivity contribution in [1.29, 1.82) is 0 Å². The van der Waals surface area contributed by atoms with Gasteiger partial charge in [0.05, 0.1) is 12.8 Å². The van der Waals surface area contributed by atoms with Crippen molar-refractivity contribution in [3.8, 4) is 5.75 Å². The van der Waals surface area contributed by atoms with Crippen LogP contribution in [-0.4, -0.2) is 30.8 Å². The summed E-state index contributed by atoms with van der Waals surface area (Å²) in [6.45, 7) is 5.41.